The standard InChI is InChI=1S/C25H31ClN2O3/c1-27-14-16-28(17-15-27)13-5-6-18-31-25-19-21(30-2)10-11-22(25)24(29)12-9-20-7-3-4-8-23(20)26/h3-4,7-12,19H,5-6,13-18H2,1-2H3. The zero-order valence-corrected chi connectivity index (χ0v) is 19.1. The minimum absolute atomic E-state index is 0.130. The van der Waals surface area contributed by atoms with Gasteiger partial charge in [-0.25, -0.2) is 0 Å². The Labute approximate surface area is 190 Å². The number of halogens is 1. The Hall–Kier alpha value is -2.34. The molecule has 3 rings (SSSR count). The number of piperazine rings is 1. The molecule has 5 nitrogen and oxygen atoms in total. The summed E-state index contributed by atoms with van der Waals surface area (Å²) in [5.41, 5.74) is 1.32. The number of hydrogen-bond donors (Lipinski definition) is 0. The average Bonchev–Trinajstić information content (AvgIpc) is 2.79. The number of carbonyl (C=O) groups is 1. The third-order valence-corrected chi connectivity index (χ3v) is 5.84. The molecule has 2 aromatic carbocycles. The first-order chi connectivity index (χ1) is 15.1. The third kappa shape index (κ3) is 7.10. The van der Waals surface area contributed by atoms with Gasteiger partial charge in [-0.2, -0.15) is 0 Å². The minimum Gasteiger partial charge on any atom is -0.497 e. The van der Waals surface area contributed by atoms with Gasteiger partial charge in [-0.05, 0) is 62.3 Å². The molecule has 1 aliphatic rings. The molecule has 1 aliphatic heterocycles. The van der Waals surface area contributed by atoms with Crippen LogP contribution in [0.1, 0.15) is 28.8 Å². The summed E-state index contributed by atoms with van der Waals surface area (Å²) in [6, 6.07) is 12.7. The van der Waals surface area contributed by atoms with Crippen LogP contribution in [0.2, 0.25) is 5.02 Å². The van der Waals surface area contributed by atoms with Gasteiger partial charge in [0.15, 0.2) is 5.78 Å². The lowest BCUT2D eigenvalue weighted by Crippen LogP contribution is -2.44. The van der Waals surface area contributed by atoms with Crippen LogP contribution in [0.4, 0.5) is 0 Å². The van der Waals surface area contributed by atoms with Crippen LogP contribution < -0.4 is 9.47 Å². The van der Waals surface area contributed by atoms with Crippen molar-refractivity contribution in [3.8, 4) is 11.5 Å². The lowest BCUT2D eigenvalue weighted by Gasteiger charge is -2.32. The predicted octanol–water partition coefficient (Wildman–Crippen LogP) is 4.65. The number of ether oxygens (including phenoxy) is 2. The molecule has 0 N–H and O–H groups in total. The van der Waals surface area contributed by atoms with Crippen LogP contribution in [0.3, 0.4) is 0 Å². The molecule has 0 bridgehead atoms. The second-order valence-corrected chi connectivity index (χ2v) is 8.19. The second-order valence-electron chi connectivity index (χ2n) is 7.78. The Morgan fingerprint density at radius 1 is 1.10 bits per heavy atom. The van der Waals surface area contributed by atoms with Gasteiger partial charge in [-0.3, -0.25) is 4.79 Å². The molecule has 0 aromatic heterocycles. The third-order valence-electron chi connectivity index (χ3n) is 5.50. The highest BCUT2D eigenvalue weighted by Gasteiger charge is 2.14. The van der Waals surface area contributed by atoms with Crippen molar-refractivity contribution in [1.82, 2.24) is 9.80 Å². The number of methoxy groups -OCH3 is 1. The normalized spacial score (nSPS) is 15.3. The Kier molecular flexibility index (Phi) is 8.95. The van der Waals surface area contributed by atoms with Gasteiger partial charge in [0.05, 0.1) is 19.3 Å². The van der Waals surface area contributed by atoms with Gasteiger partial charge in [-0.1, -0.05) is 29.8 Å². The molecule has 0 amide bonds. The van der Waals surface area contributed by atoms with Crippen LogP contribution in [0.5, 0.6) is 11.5 Å². The minimum atomic E-state index is -0.130. The highest BCUT2D eigenvalue weighted by molar-refractivity contribution is 6.32. The monoisotopic (exact) mass is 442 g/mol. The fraction of sp³-hybridized carbons (Fsp3) is 0.400. The zero-order chi connectivity index (χ0) is 22.1. The number of nitrogens with zero attached hydrogens (tertiary/aromatic N) is 2. The summed E-state index contributed by atoms with van der Waals surface area (Å²) in [5.74, 6) is 1.09. The lowest BCUT2D eigenvalue weighted by molar-refractivity contribution is 0.104. The fourth-order valence-corrected chi connectivity index (χ4v) is 3.71. The summed E-state index contributed by atoms with van der Waals surface area (Å²) in [5, 5.41) is 0.609. The molecular formula is C25H31ClN2O3. The van der Waals surface area contributed by atoms with Gasteiger partial charge in [0.25, 0.3) is 0 Å². The van der Waals surface area contributed by atoms with Crippen molar-refractivity contribution in [3.63, 3.8) is 0 Å². The van der Waals surface area contributed by atoms with Gasteiger partial charge in [0.1, 0.15) is 11.5 Å². The van der Waals surface area contributed by atoms with E-state index >= 15 is 0 Å². The Balaban J connectivity index is 1.56. The van der Waals surface area contributed by atoms with Crippen LogP contribution in [-0.4, -0.2) is 69.1 Å². The maximum Gasteiger partial charge on any atom is 0.189 e. The number of likely N-dealkylation sites (N-methyl/N-ethyl adjacent to an activating group) is 1. The van der Waals surface area contributed by atoms with E-state index in [0.29, 0.717) is 28.7 Å². The van der Waals surface area contributed by atoms with E-state index in [0.717, 1.165) is 51.1 Å². The number of allylic oxidation sites excluding steroid dienone is 1. The molecule has 6 heteroatoms. The largest absolute Gasteiger partial charge is 0.497 e. The van der Waals surface area contributed by atoms with E-state index in [9.17, 15) is 4.79 Å². The number of benzene rings is 2. The Bertz CT molecular complexity index is 892. The molecule has 1 saturated heterocycles. The molecule has 166 valence electrons. The van der Waals surface area contributed by atoms with Crippen molar-refractivity contribution >= 4 is 23.5 Å². The maximum atomic E-state index is 12.8. The topological polar surface area (TPSA) is 42.0 Å². The molecule has 0 unspecified atom stereocenters. The van der Waals surface area contributed by atoms with Crippen molar-refractivity contribution in [2.24, 2.45) is 0 Å². The van der Waals surface area contributed by atoms with Crippen molar-refractivity contribution < 1.29 is 14.3 Å². The van der Waals surface area contributed by atoms with Gasteiger partial charge in [0.2, 0.25) is 0 Å². The lowest BCUT2D eigenvalue weighted by atomic mass is 10.1. The number of ketones is 1. The maximum absolute atomic E-state index is 12.8. The summed E-state index contributed by atoms with van der Waals surface area (Å²) < 4.78 is 11.3. The molecule has 1 heterocycles. The van der Waals surface area contributed by atoms with Gasteiger partial charge in [-0.15, -0.1) is 0 Å². The van der Waals surface area contributed by atoms with E-state index < -0.39 is 0 Å². The molecule has 0 aliphatic carbocycles. The molecule has 0 atom stereocenters. The van der Waals surface area contributed by atoms with E-state index in [1.54, 1.807) is 37.5 Å². The summed E-state index contributed by atoms with van der Waals surface area (Å²) in [6.45, 7) is 6.17. The second kappa shape index (κ2) is 11.9. The van der Waals surface area contributed by atoms with E-state index in [1.165, 1.54) is 6.08 Å². The van der Waals surface area contributed by atoms with E-state index in [4.69, 9.17) is 21.1 Å². The number of carbonyl (C=O) groups excluding carboxylic acids is 1. The van der Waals surface area contributed by atoms with Crippen LogP contribution in [0, 0.1) is 0 Å². The van der Waals surface area contributed by atoms with E-state index in [-0.39, 0.29) is 5.78 Å². The molecule has 2 aromatic rings. The number of hydrogen-bond acceptors (Lipinski definition) is 5. The molecule has 0 spiro atoms. The highest BCUT2D eigenvalue weighted by atomic mass is 35.5. The molecule has 1 fully saturated rings. The van der Waals surface area contributed by atoms with Crippen molar-refractivity contribution in [2.45, 2.75) is 12.8 Å². The van der Waals surface area contributed by atoms with Crippen LogP contribution in [-0.2, 0) is 0 Å². The van der Waals surface area contributed by atoms with Gasteiger partial charge < -0.3 is 19.3 Å². The Morgan fingerprint density at radius 3 is 2.61 bits per heavy atom. The van der Waals surface area contributed by atoms with Crippen LogP contribution in [0.25, 0.3) is 6.08 Å². The quantitative estimate of drug-likeness (QED) is 0.304. The summed E-state index contributed by atoms with van der Waals surface area (Å²) in [7, 11) is 3.77. The summed E-state index contributed by atoms with van der Waals surface area (Å²) in [4.78, 5) is 17.7. The van der Waals surface area contributed by atoms with Gasteiger partial charge in [0, 0.05) is 37.3 Å². The fourth-order valence-electron chi connectivity index (χ4n) is 3.51. The van der Waals surface area contributed by atoms with E-state index in [2.05, 4.69) is 16.8 Å². The van der Waals surface area contributed by atoms with Crippen molar-refractivity contribution in [2.75, 3.05) is 53.5 Å². The number of rotatable bonds is 10. The molecule has 0 radical (unpaired) electrons. The van der Waals surface area contributed by atoms with E-state index in [1.807, 2.05) is 18.2 Å². The van der Waals surface area contributed by atoms with Crippen molar-refractivity contribution in [3.05, 3.63) is 64.7 Å². The van der Waals surface area contributed by atoms with Crippen LogP contribution in [0.15, 0.2) is 48.5 Å². The van der Waals surface area contributed by atoms with Gasteiger partial charge >= 0.3 is 0 Å². The molecule has 0 saturated carbocycles. The highest BCUT2D eigenvalue weighted by Crippen LogP contribution is 2.26. The first-order valence-electron chi connectivity index (χ1n) is 10.8. The van der Waals surface area contributed by atoms with Crippen LogP contribution >= 0.6 is 11.6 Å². The first kappa shape index (κ1) is 23.3. The summed E-state index contributed by atoms with van der Waals surface area (Å²) in [6.07, 6.45) is 5.27. The zero-order valence-electron chi connectivity index (χ0n) is 18.4. The SMILES string of the molecule is COc1ccc(C(=O)C=Cc2ccccc2Cl)c(OCCCCN2CCN(C)CC2)c1. The molecule has 31 heavy (non-hydrogen) atoms. The Morgan fingerprint density at radius 2 is 1.87 bits per heavy atom. The first-order valence-corrected chi connectivity index (χ1v) is 11.1. The average molecular weight is 443 g/mol. The molecular weight excluding hydrogens is 412 g/mol. The smallest absolute Gasteiger partial charge is 0.189 e. The predicted molar refractivity (Wildman–Crippen MR) is 126 cm³/mol. The summed E-state index contributed by atoms with van der Waals surface area (Å²) >= 11 is 6.18. The van der Waals surface area contributed by atoms with Crippen molar-refractivity contribution in [1.29, 1.82) is 0 Å². The number of unbranched alkanes of at least 4 members (excludes halogenated alkanes) is 1.